The molecule has 0 aromatic rings. The third kappa shape index (κ3) is 5.43. The summed E-state index contributed by atoms with van der Waals surface area (Å²) in [6.07, 6.45) is 10.3. The van der Waals surface area contributed by atoms with Crippen LogP contribution in [0.15, 0.2) is 0 Å². The van der Waals surface area contributed by atoms with Gasteiger partial charge in [-0.1, -0.05) is 38.5 Å². The molecule has 0 aromatic heterocycles. The number of nitrogens with one attached hydrogen (secondary N) is 1. The van der Waals surface area contributed by atoms with E-state index in [4.69, 9.17) is 0 Å². The summed E-state index contributed by atoms with van der Waals surface area (Å²) >= 11 is 0. The van der Waals surface area contributed by atoms with Crippen molar-refractivity contribution in [1.29, 1.82) is 0 Å². The molecule has 24 heavy (non-hydrogen) atoms. The zero-order chi connectivity index (χ0) is 17.6. The van der Waals surface area contributed by atoms with E-state index in [0.29, 0.717) is 25.9 Å². The molecule has 0 spiro atoms. The number of hydrogen-bond donors (Lipinski definition) is 1. The molecule has 7 heteroatoms. The molecule has 0 atom stereocenters. The number of nitrogens with zero attached hydrogens (tertiary/aromatic N) is 2. The van der Waals surface area contributed by atoms with Gasteiger partial charge in [0.25, 0.3) is 10.2 Å². The Morgan fingerprint density at radius 3 is 2.17 bits per heavy atom. The first-order valence-electron chi connectivity index (χ1n) is 9.36. The predicted octanol–water partition coefficient (Wildman–Crippen LogP) is 1.98. The number of hydrogen-bond acceptors (Lipinski definition) is 3. The molecule has 1 saturated heterocycles. The van der Waals surface area contributed by atoms with E-state index < -0.39 is 10.2 Å². The van der Waals surface area contributed by atoms with E-state index in [1.165, 1.54) is 47.1 Å². The lowest BCUT2D eigenvalue weighted by atomic mass is 9.95. The lowest BCUT2D eigenvalue weighted by molar-refractivity contribution is -0.126. The SMILES string of the molecule is CN(C)S(=O)(=O)N1CCC(C(=O)NCCC2CCCCCC2)CC1. The van der Waals surface area contributed by atoms with Gasteiger partial charge in [-0.3, -0.25) is 4.79 Å². The number of carbonyl (C=O) groups is 1. The highest BCUT2D eigenvalue weighted by Crippen LogP contribution is 2.25. The quantitative estimate of drug-likeness (QED) is 0.737. The Bertz CT molecular complexity index is 491. The molecule has 2 aliphatic rings. The smallest absolute Gasteiger partial charge is 0.281 e. The molecule has 0 aromatic carbocycles. The molecule has 1 aliphatic carbocycles. The van der Waals surface area contributed by atoms with Crippen molar-refractivity contribution < 1.29 is 13.2 Å². The lowest BCUT2D eigenvalue weighted by Crippen LogP contribution is -2.46. The van der Waals surface area contributed by atoms with E-state index in [9.17, 15) is 13.2 Å². The van der Waals surface area contributed by atoms with Gasteiger partial charge in [0.15, 0.2) is 0 Å². The molecule has 1 heterocycles. The van der Waals surface area contributed by atoms with Gasteiger partial charge in [0.05, 0.1) is 0 Å². The Kier molecular flexibility index (Phi) is 7.50. The van der Waals surface area contributed by atoms with Gasteiger partial charge in [0.1, 0.15) is 0 Å². The maximum absolute atomic E-state index is 12.3. The van der Waals surface area contributed by atoms with Crippen molar-refractivity contribution in [3.63, 3.8) is 0 Å². The molecule has 1 aliphatic heterocycles. The summed E-state index contributed by atoms with van der Waals surface area (Å²) in [6.45, 7) is 1.63. The van der Waals surface area contributed by atoms with Crippen molar-refractivity contribution in [2.45, 2.75) is 57.8 Å². The van der Waals surface area contributed by atoms with Crippen LogP contribution in [0.5, 0.6) is 0 Å². The molecule has 2 rings (SSSR count). The van der Waals surface area contributed by atoms with Crippen LogP contribution in [0.1, 0.15) is 57.8 Å². The van der Waals surface area contributed by atoms with Crippen LogP contribution in [0.25, 0.3) is 0 Å². The summed E-state index contributed by atoms with van der Waals surface area (Å²) in [7, 11) is -0.262. The summed E-state index contributed by atoms with van der Waals surface area (Å²) < 4.78 is 26.9. The summed E-state index contributed by atoms with van der Waals surface area (Å²) in [5.74, 6) is 0.818. The third-order valence-corrected chi connectivity index (χ3v) is 7.38. The summed E-state index contributed by atoms with van der Waals surface area (Å²) in [6, 6.07) is 0. The normalized spacial score (nSPS) is 22.5. The van der Waals surface area contributed by atoms with Crippen LogP contribution in [0.3, 0.4) is 0 Å². The standard InChI is InChI=1S/C17H33N3O3S/c1-19(2)24(22,23)20-13-10-16(11-14-20)17(21)18-12-9-15-7-5-3-4-6-8-15/h15-16H,3-14H2,1-2H3,(H,18,21). The molecular weight excluding hydrogens is 326 g/mol. The molecule has 0 bridgehead atoms. The maximum atomic E-state index is 12.3. The average molecular weight is 360 g/mol. The lowest BCUT2D eigenvalue weighted by Gasteiger charge is -2.32. The Labute approximate surface area is 147 Å². The molecule has 1 amide bonds. The fraction of sp³-hybridized carbons (Fsp3) is 0.941. The van der Waals surface area contributed by atoms with Crippen molar-refractivity contribution >= 4 is 16.1 Å². The first-order valence-corrected chi connectivity index (χ1v) is 10.8. The van der Waals surface area contributed by atoms with E-state index in [0.717, 1.165) is 18.9 Å². The molecule has 6 nitrogen and oxygen atoms in total. The summed E-state index contributed by atoms with van der Waals surface area (Å²) in [5.41, 5.74) is 0. The molecular formula is C17H33N3O3S. The summed E-state index contributed by atoms with van der Waals surface area (Å²) in [5, 5.41) is 3.08. The van der Waals surface area contributed by atoms with E-state index >= 15 is 0 Å². The minimum atomic E-state index is -3.35. The zero-order valence-electron chi connectivity index (χ0n) is 15.2. The van der Waals surface area contributed by atoms with Crippen LogP contribution in [-0.4, -0.2) is 56.7 Å². The van der Waals surface area contributed by atoms with Crippen LogP contribution < -0.4 is 5.32 Å². The number of amides is 1. The van der Waals surface area contributed by atoms with Crippen molar-refractivity contribution in [3.8, 4) is 0 Å². The topological polar surface area (TPSA) is 69.7 Å². The van der Waals surface area contributed by atoms with Gasteiger partial charge < -0.3 is 5.32 Å². The Morgan fingerprint density at radius 2 is 1.62 bits per heavy atom. The highest BCUT2D eigenvalue weighted by atomic mass is 32.2. The molecule has 0 unspecified atom stereocenters. The fourth-order valence-electron chi connectivity index (χ4n) is 3.78. The van der Waals surface area contributed by atoms with Crippen LogP contribution in [0.2, 0.25) is 0 Å². The number of piperidine rings is 1. The second-order valence-electron chi connectivity index (χ2n) is 7.40. The largest absolute Gasteiger partial charge is 0.356 e. The minimum absolute atomic E-state index is 0.0484. The predicted molar refractivity (Wildman–Crippen MR) is 95.7 cm³/mol. The molecule has 140 valence electrons. The molecule has 2 fully saturated rings. The molecule has 1 N–H and O–H groups in total. The Balaban J connectivity index is 1.69. The van der Waals surface area contributed by atoms with Crippen molar-refractivity contribution in [1.82, 2.24) is 13.9 Å². The second-order valence-corrected chi connectivity index (χ2v) is 9.54. The molecule has 1 saturated carbocycles. The van der Waals surface area contributed by atoms with Gasteiger partial charge in [-0.05, 0) is 25.2 Å². The first-order chi connectivity index (χ1) is 11.4. The van der Waals surface area contributed by atoms with Crippen LogP contribution in [0.4, 0.5) is 0 Å². The average Bonchev–Trinajstić information content (AvgIpc) is 2.83. The minimum Gasteiger partial charge on any atom is -0.356 e. The van der Waals surface area contributed by atoms with Gasteiger partial charge in [0, 0.05) is 39.6 Å². The first kappa shape index (κ1) is 19.7. The zero-order valence-corrected chi connectivity index (χ0v) is 16.0. The van der Waals surface area contributed by atoms with Crippen LogP contribution in [-0.2, 0) is 15.0 Å². The van der Waals surface area contributed by atoms with Gasteiger partial charge in [-0.2, -0.15) is 17.0 Å². The van der Waals surface area contributed by atoms with Gasteiger partial charge >= 0.3 is 0 Å². The van der Waals surface area contributed by atoms with Crippen molar-refractivity contribution in [2.75, 3.05) is 33.7 Å². The third-order valence-electron chi connectivity index (χ3n) is 5.44. The van der Waals surface area contributed by atoms with Crippen molar-refractivity contribution in [3.05, 3.63) is 0 Å². The van der Waals surface area contributed by atoms with Crippen LogP contribution >= 0.6 is 0 Å². The number of rotatable bonds is 6. The van der Waals surface area contributed by atoms with Gasteiger partial charge in [-0.25, -0.2) is 0 Å². The number of carbonyl (C=O) groups excluding carboxylic acids is 1. The van der Waals surface area contributed by atoms with E-state index in [1.54, 1.807) is 14.1 Å². The van der Waals surface area contributed by atoms with Crippen molar-refractivity contribution in [2.24, 2.45) is 11.8 Å². The Morgan fingerprint density at radius 1 is 1.04 bits per heavy atom. The van der Waals surface area contributed by atoms with Gasteiger partial charge in [-0.15, -0.1) is 0 Å². The monoisotopic (exact) mass is 359 g/mol. The highest BCUT2D eigenvalue weighted by Gasteiger charge is 2.32. The maximum Gasteiger partial charge on any atom is 0.281 e. The second kappa shape index (κ2) is 9.15. The summed E-state index contributed by atoms with van der Waals surface area (Å²) in [4.78, 5) is 12.3. The van der Waals surface area contributed by atoms with Crippen LogP contribution in [0, 0.1) is 11.8 Å². The van der Waals surface area contributed by atoms with E-state index in [1.807, 2.05) is 0 Å². The molecule has 0 radical (unpaired) electrons. The Hall–Kier alpha value is -0.660. The van der Waals surface area contributed by atoms with E-state index in [-0.39, 0.29) is 11.8 Å². The van der Waals surface area contributed by atoms with Gasteiger partial charge in [0.2, 0.25) is 5.91 Å². The fourth-order valence-corrected chi connectivity index (χ4v) is 4.91. The van der Waals surface area contributed by atoms with E-state index in [2.05, 4.69) is 5.32 Å². The highest BCUT2D eigenvalue weighted by molar-refractivity contribution is 7.86.